The Labute approximate surface area is 152 Å². The number of pyridine rings is 1. The molecule has 3 heterocycles. The maximum atomic E-state index is 6.03. The van der Waals surface area contributed by atoms with Gasteiger partial charge in [-0.1, -0.05) is 23.7 Å². The smallest absolute Gasteiger partial charge is 0.163 e. The van der Waals surface area contributed by atoms with Gasteiger partial charge in [-0.3, -0.25) is 4.98 Å². The Kier molecular flexibility index (Phi) is 4.36. The number of benzene rings is 1. The van der Waals surface area contributed by atoms with Crippen molar-refractivity contribution in [2.24, 2.45) is 0 Å². The molecular weight excluding hydrogens is 332 g/mol. The first kappa shape index (κ1) is 16.0. The molecule has 25 heavy (non-hydrogen) atoms. The van der Waals surface area contributed by atoms with E-state index >= 15 is 0 Å². The predicted molar refractivity (Wildman–Crippen MR) is 102 cm³/mol. The Hall–Kier alpha value is -2.46. The van der Waals surface area contributed by atoms with Gasteiger partial charge in [0.1, 0.15) is 5.82 Å². The summed E-state index contributed by atoms with van der Waals surface area (Å²) in [4.78, 5) is 16.2. The molecule has 1 aromatic carbocycles. The van der Waals surface area contributed by atoms with Gasteiger partial charge in [-0.2, -0.15) is 0 Å². The molecule has 0 saturated carbocycles. The van der Waals surface area contributed by atoms with E-state index in [2.05, 4.69) is 22.9 Å². The minimum Gasteiger partial charge on any atom is -0.354 e. The monoisotopic (exact) mass is 350 g/mol. The van der Waals surface area contributed by atoms with Gasteiger partial charge in [0.2, 0.25) is 0 Å². The third kappa shape index (κ3) is 3.35. The van der Waals surface area contributed by atoms with Crippen molar-refractivity contribution >= 4 is 17.4 Å². The highest BCUT2D eigenvalue weighted by Gasteiger charge is 2.23. The third-order valence-electron chi connectivity index (χ3n) is 4.62. The highest BCUT2D eigenvalue weighted by atomic mass is 35.5. The predicted octanol–water partition coefficient (Wildman–Crippen LogP) is 4.85. The van der Waals surface area contributed by atoms with Crippen molar-refractivity contribution in [2.75, 3.05) is 11.4 Å². The van der Waals surface area contributed by atoms with Crippen molar-refractivity contribution < 1.29 is 0 Å². The van der Waals surface area contributed by atoms with Crippen LogP contribution in [0, 0.1) is 0 Å². The molecule has 4 rings (SSSR count). The van der Waals surface area contributed by atoms with E-state index in [1.165, 1.54) is 12.8 Å². The Morgan fingerprint density at radius 3 is 2.60 bits per heavy atom. The molecule has 1 unspecified atom stereocenters. The van der Waals surface area contributed by atoms with Crippen molar-refractivity contribution in [2.45, 2.75) is 25.8 Å². The Morgan fingerprint density at radius 2 is 1.92 bits per heavy atom. The summed E-state index contributed by atoms with van der Waals surface area (Å²) in [6.45, 7) is 3.28. The zero-order valence-electron chi connectivity index (χ0n) is 14.1. The standard InChI is InChI=1S/C20H19ClN4/c1-14-4-3-11-25(14)19-12-18(15-6-8-17(21)9-7-15)23-20(24-19)16-5-2-10-22-13-16/h2,5-10,12-14H,3-4,11H2,1H3. The van der Waals surface area contributed by atoms with E-state index in [0.29, 0.717) is 11.9 Å². The van der Waals surface area contributed by atoms with Gasteiger partial charge >= 0.3 is 0 Å². The first-order chi connectivity index (χ1) is 12.2. The lowest BCUT2D eigenvalue weighted by atomic mass is 10.1. The number of halogens is 1. The molecule has 0 aliphatic carbocycles. The molecule has 0 spiro atoms. The van der Waals surface area contributed by atoms with E-state index in [-0.39, 0.29) is 0 Å². The second kappa shape index (κ2) is 6.81. The van der Waals surface area contributed by atoms with E-state index in [4.69, 9.17) is 21.6 Å². The largest absolute Gasteiger partial charge is 0.354 e. The molecule has 0 bridgehead atoms. The van der Waals surface area contributed by atoms with Crippen LogP contribution in [0.25, 0.3) is 22.6 Å². The first-order valence-electron chi connectivity index (χ1n) is 8.53. The summed E-state index contributed by atoms with van der Waals surface area (Å²) in [6, 6.07) is 14.2. The Balaban J connectivity index is 1.84. The molecule has 4 nitrogen and oxygen atoms in total. The number of anilines is 1. The topological polar surface area (TPSA) is 41.9 Å². The van der Waals surface area contributed by atoms with Crippen LogP contribution in [0.15, 0.2) is 54.9 Å². The van der Waals surface area contributed by atoms with Gasteiger partial charge < -0.3 is 4.90 Å². The lowest BCUT2D eigenvalue weighted by Gasteiger charge is -2.23. The van der Waals surface area contributed by atoms with Gasteiger partial charge in [-0.05, 0) is 44.0 Å². The van der Waals surface area contributed by atoms with Crippen LogP contribution in [0.2, 0.25) is 5.02 Å². The van der Waals surface area contributed by atoms with Gasteiger partial charge in [0, 0.05) is 47.2 Å². The van der Waals surface area contributed by atoms with Crippen LogP contribution >= 0.6 is 11.6 Å². The van der Waals surface area contributed by atoms with Crippen LogP contribution in [0.4, 0.5) is 5.82 Å². The number of rotatable bonds is 3. The quantitative estimate of drug-likeness (QED) is 0.677. The minimum absolute atomic E-state index is 0.495. The summed E-state index contributed by atoms with van der Waals surface area (Å²) in [5.41, 5.74) is 2.86. The van der Waals surface area contributed by atoms with Crippen molar-refractivity contribution in [1.82, 2.24) is 15.0 Å². The van der Waals surface area contributed by atoms with Gasteiger partial charge in [0.25, 0.3) is 0 Å². The lowest BCUT2D eigenvalue weighted by Crippen LogP contribution is -2.27. The van der Waals surface area contributed by atoms with Crippen LogP contribution in [-0.4, -0.2) is 27.5 Å². The lowest BCUT2D eigenvalue weighted by molar-refractivity contribution is 0.726. The maximum absolute atomic E-state index is 6.03. The van der Waals surface area contributed by atoms with Crippen LogP contribution in [0.5, 0.6) is 0 Å². The first-order valence-corrected chi connectivity index (χ1v) is 8.90. The second-order valence-corrected chi connectivity index (χ2v) is 6.80. The van der Waals surface area contributed by atoms with Crippen molar-refractivity contribution in [3.63, 3.8) is 0 Å². The molecule has 0 N–H and O–H groups in total. The average molecular weight is 351 g/mol. The summed E-state index contributed by atoms with van der Waals surface area (Å²) in [5.74, 6) is 1.68. The fourth-order valence-corrected chi connectivity index (χ4v) is 3.37. The molecule has 1 aliphatic heterocycles. The normalized spacial score (nSPS) is 17.0. The molecular formula is C20H19ClN4. The van der Waals surface area contributed by atoms with Gasteiger partial charge in [0.15, 0.2) is 5.82 Å². The van der Waals surface area contributed by atoms with E-state index in [1.807, 2.05) is 36.4 Å². The number of hydrogen-bond acceptors (Lipinski definition) is 4. The molecule has 3 aromatic rings. The van der Waals surface area contributed by atoms with E-state index in [9.17, 15) is 0 Å². The SMILES string of the molecule is CC1CCCN1c1cc(-c2ccc(Cl)cc2)nc(-c2cccnc2)n1. The average Bonchev–Trinajstić information content (AvgIpc) is 3.09. The number of aromatic nitrogens is 3. The highest BCUT2D eigenvalue weighted by molar-refractivity contribution is 6.30. The van der Waals surface area contributed by atoms with Gasteiger partial charge in [-0.15, -0.1) is 0 Å². The molecule has 5 heteroatoms. The Morgan fingerprint density at radius 1 is 1.08 bits per heavy atom. The molecule has 126 valence electrons. The van der Waals surface area contributed by atoms with Gasteiger partial charge in [-0.25, -0.2) is 9.97 Å². The summed E-state index contributed by atoms with van der Waals surface area (Å²) in [5, 5.41) is 0.721. The molecule has 1 atom stereocenters. The molecule has 0 amide bonds. The molecule has 1 saturated heterocycles. The second-order valence-electron chi connectivity index (χ2n) is 6.37. The van der Waals surface area contributed by atoms with Crippen molar-refractivity contribution in [1.29, 1.82) is 0 Å². The van der Waals surface area contributed by atoms with Crippen molar-refractivity contribution in [3.8, 4) is 22.6 Å². The van der Waals surface area contributed by atoms with E-state index in [0.717, 1.165) is 34.2 Å². The molecule has 1 aliphatic rings. The fraction of sp³-hybridized carbons (Fsp3) is 0.250. The summed E-state index contributed by atoms with van der Waals surface area (Å²) in [7, 11) is 0. The molecule has 0 radical (unpaired) electrons. The van der Waals surface area contributed by atoms with Crippen LogP contribution in [-0.2, 0) is 0 Å². The number of hydrogen-bond donors (Lipinski definition) is 0. The molecule has 2 aromatic heterocycles. The molecule has 1 fully saturated rings. The highest BCUT2D eigenvalue weighted by Crippen LogP contribution is 2.30. The fourth-order valence-electron chi connectivity index (χ4n) is 3.25. The van der Waals surface area contributed by atoms with E-state index < -0.39 is 0 Å². The maximum Gasteiger partial charge on any atom is 0.163 e. The van der Waals surface area contributed by atoms with Crippen molar-refractivity contribution in [3.05, 3.63) is 59.9 Å². The van der Waals surface area contributed by atoms with Crippen LogP contribution in [0.1, 0.15) is 19.8 Å². The third-order valence-corrected chi connectivity index (χ3v) is 4.87. The summed E-state index contributed by atoms with van der Waals surface area (Å²) < 4.78 is 0. The van der Waals surface area contributed by atoms with E-state index in [1.54, 1.807) is 12.4 Å². The minimum atomic E-state index is 0.495. The summed E-state index contributed by atoms with van der Waals surface area (Å²) in [6.07, 6.45) is 5.96. The van der Waals surface area contributed by atoms with Crippen LogP contribution < -0.4 is 4.90 Å². The van der Waals surface area contributed by atoms with Gasteiger partial charge in [0.05, 0.1) is 5.69 Å². The van der Waals surface area contributed by atoms with Crippen LogP contribution in [0.3, 0.4) is 0 Å². The zero-order chi connectivity index (χ0) is 17.2. The zero-order valence-corrected chi connectivity index (χ0v) is 14.8. The number of nitrogens with zero attached hydrogens (tertiary/aromatic N) is 4. The Bertz CT molecular complexity index is 865. The summed E-state index contributed by atoms with van der Waals surface area (Å²) >= 11 is 6.03.